The third kappa shape index (κ3) is 2.76. The van der Waals surface area contributed by atoms with E-state index in [0.717, 1.165) is 22.4 Å². The molecule has 3 rings (SSSR count). The molecule has 0 unspecified atom stereocenters. The summed E-state index contributed by atoms with van der Waals surface area (Å²) in [6.07, 6.45) is 1.68. The predicted molar refractivity (Wildman–Crippen MR) is 87.0 cm³/mol. The minimum Gasteiger partial charge on any atom is -0.497 e. The van der Waals surface area contributed by atoms with Crippen molar-refractivity contribution >= 4 is 0 Å². The average molecular weight is 292 g/mol. The molecular formula is C18H16N2O2. The van der Waals surface area contributed by atoms with Crippen molar-refractivity contribution in [1.82, 2.24) is 9.97 Å². The van der Waals surface area contributed by atoms with Crippen molar-refractivity contribution in [3.05, 3.63) is 70.6 Å². The highest BCUT2D eigenvalue weighted by Gasteiger charge is 2.07. The van der Waals surface area contributed by atoms with E-state index in [0.29, 0.717) is 11.4 Å². The van der Waals surface area contributed by atoms with E-state index in [-0.39, 0.29) is 5.56 Å². The molecule has 0 amide bonds. The van der Waals surface area contributed by atoms with Crippen molar-refractivity contribution in [3.8, 4) is 28.3 Å². The summed E-state index contributed by atoms with van der Waals surface area (Å²) in [7, 11) is 1.62. The SMILES string of the molecule is COc1ccc(-c2cnc(-c3ccc(C)cc3)c(=O)[nH]2)cc1. The van der Waals surface area contributed by atoms with E-state index in [4.69, 9.17) is 4.74 Å². The van der Waals surface area contributed by atoms with Crippen LogP contribution in [0.15, 0.2) is 59.5 Å². The van der Waals surface area contributed by atoms with E-state index in [1.807, 2.05) is 55.5 Å². The molecule has 1 N–H and O–H groups in total. The van der Waals surface area contributed by atoms with Gasteiger partial charge in [0.15, 0.2) is 0 Å². The summed E-state index contributed by atoms with van der Waals surface area (Å²) in [5, 5.41) is 0. The van der Waals surface area contributed by atoms with Gasteiger partial charge < -0.3 is 9.72 Å². The van der Waals surface area contributed by atoms with Crippen LogP contribution in [0.3, 0.4) is 0 Å². The van der Waals surface area contributed by atoms with Crippen LogP contribution < -0.4 is 10.3 Å². The number of ether oxygens (including phenoxy) is 1. The van der Waals surface area contributed by atoms with Crippen LogP contribution in [0.25, 0.3) is 22.5 Å². The van der Waals surface area contributed by atoms with Gasteiger partial charge in [0, 0.05) is 5.56 Å². The van der Waals surface area contributed by atoms with Gasteiger partial charge in [0.2, 0.25) is 0 Å². The second-order valence-corrected chi connectivity index (χ2v) is 5.07. The molecular weight excluding hydrogens is 276 g/mol. The third-order valence-electron chi connectivity index (χ3n) is 3.51. The standard InChI is InChI=1S/C18H16N2O2/c1-12-3-5-14(6-4-12)17-18(21)20-16(11-19-17)13-7-9-15(22-2)10-8-13/h3-11H,1-2H3,(H,20,21). The molecule has 110 valence electrons. The van der Waals surface area contributed by atoms with Gasteiger partial charge in [-0.2, -0.15) is 0 Å². The first-order chi connectivity index (χ1) is 10.7. The molecule has 1 heterocycles. The zero-order valence-electron chi connectivity index (χ0n) is 12.5. The normalized spacial score (nSPS) is 10.5. The van der Waals surface area contributed by atoms with Crippen molar-refractivity contribution in [1.29, 1.82) is 0 Å². The predicted octanol–water partition coefficient (Wildman–Crippen LogP) is 3.42. The number of nitrogens with zero attached hydrogens (tertiary/aromatic N) is 1. The van der Waals surface area contributed by atoms with Crippen LogP contribution in [0.2, 0.25) is 0 Å². The topological polar surface area (TPSA) is 55.0 Å². The largest absolute Gasteiger partial charge is 0.497 e. The fourth-order valence-corrected chi connectivity index (χ4v) is 2.24. The van der Waals surface area contributed by atoms with Gasteiger partial charge in [-0.3, -0.25) is 4.79 Å². The van der Waals surface area contributed by atoms with Gasteiger partial charge in [-0.25, -0.2) is 4.98 Å². The molecule has 0 saturated carbocycles. The van der Waals surface area contributed by atoms with Crippen LogP contribution >= 0.6 is 0 Å². The van der Waals surface area contributed by atoms with E-state index in [2.05, 4.69) is 9.97 Å². The van der Waals surface area contributed by atoms with Crippen LogP contribution in [-0.2, 0) is 0 Å². The van der Waals surface area contributed by atoms with Crippen LogP contribution in [0, 0.1) is 6.92 Å². The van der Waals surface area contributed by atoms with Crippen molar-refractivity contribution < 1.29 is 4.74 Å². The highest BCUT2D eigenvalue weighted by atomic mass is 16.5. The van der Waals surface area contributed by atoms with Crippen LogP contribution in [-0.4, -0.2) is 17.1 Å². The van der Waals surface area contributed by atoms with Gasteiger partial charge >= 0.3 is 0 Å². The molecule has 0 bridgehead atoms. The van der Waals surface area contributed by atoms with E-state index in [9.17, 15) is 4.79 Å². The molecule has 22 heavy (non-hydrogen) atoms. The summed E-state index contributed by atoms with van der Waals surface area (Å²) >= 11 is 0. The molecule has 0 radical (unpaired) electrons. The van der Waals surface area contributed by atoms with Crippen molar-refractivity contribution in [2.24, 2.45) is 0 Å². The Morgan fingerprint density at radius 2 is 1.59 bits per heavy atom. The molecule has 0 spiro atoms. The zero-order valence-corrected chi connectivity index (χ0v) is 12.5. The second-order valence-electron chi connectivity index (χ2n) is 5.07. The van der Waals surface area contributed by atoms with Gasteiger partial charge in [-0.15, -0.1) is 0 Å². The van der Waals surface area contributed by atoms with Gasteiger partial charge in [-0.1, -0.05) is 29.8 Å². The Hall–Kier alpha value is -2.88. The first-order valence-electron chi connectivity index (χ1n) is 6.98. The highest BCUT2D eigenvalue weighted by molar-refractivity contribution is 5.63. The molecule has 0 atom stereocenters. The Labute approximate surface area is 128 Å². The first-order valence-corrected chi connectivity index (χ1v) is 6.98. The van der Waals surface area contributed by atoms with Gasteiger partial charge in [0.1, 0.15) is 11.4 Å². The lowest BCUT2D eigenvalue weighted by molar-refractivity contribution is 0.415. The molecule has 2 aromatic carbocycles. The Balaban J connectivity index is 1.98. The summed E-state index contributed by atoms with van der Waals surface area (Å²) in [6.45, 7) is 2.01. The lowest BCUT2D eigenvalue weighted by Crippen LogP contribution is -2.11. The number of hydrogen-bond donors (Lipinski definition) is 1. The Bertz CT molecular complexity index is 834. The van der Waals surface area contributed by atoms with Gasteiger partial charge in [0.05, 0.1) is 19.0 Å². The summed E-state index contributed by atoms with van der Waals surface area (Å²) in [4.78, 5) is 19.5. The molecule has 1 aromatic heterocycles. The Morgan fingerprint density at radius 3 is 2.18 bits per heavy atom. The van der Waals surface area contributed by atoms with Crippen LogP contribution in [0.4, 0.5) is 0 Å². The fourth-order valence-electron chi connectivity index (χ4n) is 2.24. The third-order valence-corrected chi connectivity index (χ3v) is 3.51. The molecule has 3 aromatic rings. The van der Waals surface area contributed by atoms with Gasteiger partial charge in [-0.05, 0) is 36.8 Å². The maximum absolute atomic E-state index is 12.3. The number of benzene rings is 2. The summed E-state index contributed by atoms with van der Waals surface area (Å²) < 4.78 is 5.13. The minimum absolute atomic E-state index is 0.197. The Kier molecular flexibility index (Phi) is 3.74. The number of hydrogen-bond acceptors (Lipinski definition) is 3. The summed E-state index contributed by atoms with van der Waals surface area (Å²) in [5.41, 5.74) is 3.77. The number of nitrogens with one attached hydrogen (secondary N) is 1. The Morgan fingerprint density at radius 1 is 0.955 bits per heavy atom. The van der Waals surface area contributed by atoms with Crippen molar-refractivity contribution in [2.75, 3.05) is 7.11 Å². The fraction of sp³-hybridized carbons (Fsp3) is 0.111. The molecule has 0 aliphatic heterocycles. The molecule has 0 saturated heterocycles. The smallest absolute Gasteiger partial charge is 0.274 e. The highest BCUT2D eigenvalue weighted by Crippen LogP contribution is 2.20. The number of aromatic amines is 1. The lowest BCUT2D eigenvalue weighted by atomic mass is 10.1. The molecule has 0 aliphatic carbocycles. The maximum Gasteiger partial charge on any atom is 0.274 e. The second kappa shape index (κ2) is 5.85. The van der Waals surface area contributed by atoms with E-state index < -0.39 is 0 Å². The number of aryl methyl sites for hydroxylation is 1. The van der Waals surface area contributed by atoms with Crippen LogP contribution in [0.5, 0.6) is 5.75 Å². The zero-order chi connectivity index (χ0) is 15.5. The number of H-pyrrole nitrogens is 1. The summed E-state index contributed by atoms with van der Waals surface area (Å²) in [6, 6.07) is 15.2. The average Bonchev–Trinajstić information content (AvgIpc) is 2.56. The van der Waals surface area contributed by atoms with Crippen LogP contribution in [0.1, 0.15) is 5.56 Å². The number of methoxy groups -OCH3 is 1. The molecule has 0 aliphatic rings. The molecule has 0 fully saturated rings. The van der Waals surface area contributed by atoms with E-state index >= 15 is 0 Å². The molecule has 4 heteroatoms. The van der Waals surface area contributed by atoms with E-state index in [1.54, 1.807) is 13.3 Å². The summed E-state index contributed by atoms with van der Waals surface area (Å²) in [5.74, 6) is 0.773. The quantitative estimate of drug-likeness (QED) is 0.804. The van der Waals surface area contributed by atoms with Crippen molar-refractivity contribution in [2.45, 2.75) is 6.92 Å². The lowest BCUT2D eigenvalue weighted by Gasteiger charge is -2.05. The maximum atomic E-state index is 12.3. The van der Waals surface area contributed by atoms with Gasteiger partial charge in [0.25, 0.3) is 5.56 Å². The minimum atomic E-state index is -0.197. The van der Waals surface area contributed by atoms with E-state index in [1.165, 1.54) is 0 Å². The molecule has 4 nitrogen and oxygen atoms in total. The number of aromatic nitrogens is 2. The monoisotopic (exact) mass is 292 g/mol. The number of rotatable bonds is 3. The first kappa shape index (κ1) is 14.1. The van der Waals surface area contributed by atoms with Crippen molar-refractivity contribution in [3.63, 3.8) is 0 Å².